The zero-order valence-corrected chi connectivity index (χ0v) is 20.6. The fourth-order valence-corrected chi connectivity index (χ4v) is 6.39. The number of benzene rings is 2. The van der Waals surface area contributed by atoms with E-state index in [9.17, 15) is 17.6 Å². The van der Waals surface area contributed by atoms with Crippen LogP contribution in [0.1, 0.15) is 30.9 Å². The quantitative estimate of drug-likeness (QED) is 0.466. The lowest BCUT2D eigenvalue weighted by Crippen LogP contribution is -2.57. The molecule has 0 saturated carbocycles. The van der Waals surface area contributed by atoms with Gasteiger partial charge in [-0.3, -0.25) is 0 Å². The largest absolute Gasteiger partial charge is 0.425 e. The molecule has 0 spiro atoms. The van der Waals surface area contributed by atoms with Crippen LogP contribution in [0.2, 0.25) is 5.02 Å². The topological polar surface area (TPSA) is 70.2 Å². The highest BCUT2D eigenvalue weighted by Gasteiger charge is 2.49. The van der Waals surface area contributed by atoms with Gasteiger partial charge in [-0.15, -0.1) is 0 Å². The summed E-state index contributed by atoms with van der Waals surface area (Å²) in [4.78, 5) is 17.2. The van der Waals surface area contributed by atoms with Crippen LogP contribution in [0.4, 0.5) is 10.1 Å². The van der Waals surface area contributed by atoms with Crippen LogP contribution in [0.5, 0.6) is 5.75 Å². The van der Waals surface area contributed by atoms with E-state index in [1.165, 1.54) is 24.3 Å². The molecule has 4 rings (SSSR count). The van der Waals surface area contributed by atoms with Crippen molar-refractivity contribution in [3.63, 3.8) is 0 Å². The number of hydrogen-bond acceptors (Lipinski definition) is 6. The maximum atomic E-state index is 14.8. The number of halogens is 2. The molecule has 2 aromatic carbocycles. The molecule has 0 fully saturated rings. The molecule has 0 N–H and O–H groups in total. The number of fused-ring (bicyclic) bond motifs is 2. The van der Waals surface area contributed by atoms with Crippen molar-refractivity contribution in [2.24, 2.45) is 0 Å². The van der Waals surface area contributed by atoms with E-state index < -0.39 is 33.8 Å². The van der Waals surface area contributed by atoms with Gasteiger partial charge in [-0.1, -0.05) is 31.5 Å². The Kier molecular flexibility index (Phi) is 6.43. The van der Waals surface area contributed by atoms with Gasteiger partial charge in [-0.25, -0.2) is 17.6 Å². The van der Waals surface area contributed by atoms with Gasteiger partial charge in [0.15, 0.2) is 0 Å². The molecule has 0 unspecified atom stereocenters. The average Bonchev–Trinajstić information content (AvgIpc) is 2.76. The van der Waals surface area contributed by atoms with Crippen LogP contribution in [0.3, 0.4) is 0 Å². The maximum Gasteiger partial charge on any atom is 0.330 e. The fourth-order valence-electron chi connectivity index (χ4n) is 4.41. The first kappa shape index (κ1) is 23.9. The van der Waals surface area contributed by atoms with Gasteiger partial charge in [0.05, 0.1) is 12.4 Å². The molecular formula is C23H27ClFN3O4S. The number of nitrogens with zero attached hydrogens (tertiary/aromatic N) is 3. The third-order valence-corrected chi connectivity index (χ3v) is 8.57. The van der Waals surface area contributed by atoms with Gasteiger partial charge in [-0.05, 0) is 50.3 Å². The Morgan fingerprint density at radius 3 is 2.70 bits per heavy atom. The molecule has 2 atom stereocenters. The van der Waals surface area contributed by atoms with Crippen LogP contribution in [-0.4, -0.2) is 63.0 Å². The van der Waals surface area contributed by atoms with Crippen molar-refractivity contribution < 1.29 is 22.3 Å². The molecule has 2 heterocycles. The van der Waals surface area contributed by atoms with E-state index in [1.54, 1.807) is 19.9 Å². The lowest BCUT2D eigenvalue weighted by atomic mass is 9.88. The molecule has 0 amide bonds. The van der Waals surface area contributed by atoms with Gasteiger partial charge in [0.1, 0.15) is 22.5 Å². The number of aryl methyl sites for hydroxylation is 1. The minimum atomic E-state index is -4.07. The minimum absolute atomic E-state index is 0.0628. The van der Waals surface area contributed by atoms with Gasteiger partial charge >= 0.3 is 5.97 Å². The molecule has 0 bridgehead atoms. The summed E-state index contributed by atoms with van der Waals surface area (Å²) in [6.07, 6.45) is 0. The van der Waals surface area contributed by atoms with E-state index in [0.717, 1.165) is 10.8 Å². The van der Waals surface area contributed by atoms with Crippen LogP contribution in [-0.2, 0) is 14.8 Å². The van der Waals surface area contributed by atoms with Gasteiger partial charge < -0.3 is 14.5 Å². The van der Waals surface area contributed by atoms with Gasteiger partial charge in [0, 0.05) is 29.6 Å². The molecule has 178 valence electrons. The molecule has 0 aromatic heterocycles. The summed E-state index contributed by atoms with van der Waals surface area (Å²) < 4.78 is 48.7. The highest BCUT2D eigenvalue weighted by Crippen LogP contribution is 2.44. The van der Waals surface area contributed by atoms with Crippen molar-refractivity contribution in [3.05, 3.63) is 52.3 Å². The average molecular weight is 496 g/mol. The smallest absolute Gasteiger partial charge is 0.330 e. The predicted octanol–water partition coefficient (Wildman–Crippen LogP) is 3.60. The summed E-state index contributed by atoms with van der Waals surface area (Å²) in [5.41, 5.74) is 1.33. The third-order valence-electron chi connectivity index (χ3n) is 6.47. The first-order valence-electron chi connectivity index (χ1n) is 10.8. The normalized spacial score (nSPS) is 22.2. The zero-order chi connectivity index (χ0) is 24.1. The Bertz CT molecular complexity index is 1210. The van der Waals surface area contributed by atoms with Crippen molar-refractivity contribution in [1.29, 1.82) is 0 Å². The number of sulfonamides is 1. The molecule has 0 saturated heterocycles. The molecule has 2 aromatic rings. The predicted molar refractivity (Wildman–Crippen MR) is 125 cm³/mol. The first-order chi connectivity index (χ1) is 15.6. The second kappa shape index (κ2) is 8.87. The molecule has 0 radical (unpaired) electrons. The second-order valence-electron chi connectivity index (χ2n) is 8.57. The Morgan fingerprint density at radius 1 is 1.27 bits per heavy atom. The molecule has 10 heteroatoms. The number of carbonyl (C=O) groups excluding carboxylic acids is 1. The van der Waals surface area contributed by atoms with Crippen LogP contribution in [0, 0.1) is 12.7 Å². The van der Waals surface area contributed by atoms with E-state index in [1.807, 2.05) is 18.9 Å². The highest BCUT2D eigenvalue weighted by atomic mass is 35.5. The summed E-state index contributed by atoms with van der Waals surface area (Å²) in [7, 11) is -2.10. The molecule has 7 nitrogen and oxygen atoms in total. The number of carbonyl (C=O) groups is 1. The summed E-state index contributed by atoms with van der Waals surface area (Å²) in [6, 6.07) is 6.24. The van der Waals surface area contributed by atoms with Gasteiger partial charge in [-0.2, -0.15) is 4.31 Å². The number of hydrogen-bond donors (Lipinski definition) is 0. The molecule has 33 heavy (non-hydrogen) atoms. The Balaban J connectivity index is 1.79. The van der Waals surface area contributed by atoms with E-state index in [2.05, 4.69) is 4.90 Å². The Morgan fingerprint density at radius 2 is 2.00 bits per heavy atom. The van der Waals surface area contributed by atoms with Crippen molar-refractivity contribution >= 4 is 33.3 Å². The van der Waals surface area contributed by atoms with Crippen LogP contribution in [0.25, 0.3) is 0 Å². The zero-order valence-electron chi connectivity index (χ0n) is 19.0. The van der Waals surface area contributed by atoms with E-state index in [-0.39, 0.29) is 22.9 Å². The monoisotopic (exact) mass is 495 g/mol. The second-order valence-corrected chi connectivity index (χ2v) is 10.9. The van der Waals surface area contributed by atoms with E-state index in [0.29, 0.717) is 29.4 Å². The maximum absolute atomic E-state index is 14.8. The van der Waals surface area contributed by atoms with Gasteiger partial charge in [0.25, 0.3) is 0 Å². The molecule has 0 aliphatic carbocycles. The lowest BCUT2D eigenvalue weighted by Gasteiger charge is -2.43. The van der Waals surface area contributed by atoms with E-state index in [4.69, 9.17) is 16.3 Å². The van der Waals surface area contributed by atoms with Crippen molar-refractivity contribution in [2.75, 3.05) is 38.3 Å². The summed E-state index contributed by atoms with van der Waals surface area (Å²) in [5.74, 6) is -1.80. The summed E-state index contributed by atoms with van der Waals surface area (Å²) in [6.45, 7) is 7.38. The standard InChI is InChI=1S/C23H27ClFN3O4S/c1-5-26(4)10-11-27-13-28(33(30,31)19-9-7-16(24)12-18(19)27)21-15(3)20-17(25)8-6-14(2)22(20)32-23(21)29/h6-9,12,15,21H,5,10-11,13H2,1-4H3/t15-,21+/m1/s1. The summed E-state index contributed by atoms with van der Waals surface area (Å²) >= 11 is 6.18. The first-order valence-corrected chi connectivity index (χ1v) is 12.6. The summed E-state index contributed by atoms with van der Waals surface area (Å²) in [5, 5.41) is 0.420. The molecule has 2 aliphatic rings. The number of likely N-dealkylation sites (N-methyl/N-ethyl adjacent to an activating group) is 1. The highest BCUT2D eigenvalue weighted by molar-refractivity contribution is 7.89. The molecule has 2 aliphatic heterocycles. The lowest BCUT2D eigenvalue weighted by molar-refractivity contribution is -0.141. The van der Waals surface area contributed by atoms with E-state index >= 15 is 0 Å². The van der Waals surface area contributed by atoms with Gasteiger partial charge in [0.2, 0.25) is 10.0 Å². The molecular weight excluding hydrogens is 469 g/mol. The number of anilines is 1. The van der Waals surface area contributed by atoms with Crippen LogP contribution in [0.15, 0.2) is 35.2 Å². The van der Waals surface area contributed by atoms with Crippen LogP contribution < -0.4 is 9.64 Å². The minimum Gasteiger partial charge on any atom is -0.425 e. The Hall–Kier alpha value is -2.20. The van der Waals surface area contributed by atoms with Crippen LogP contribution >= 0.6 is 11.6 Å². The van der Waals surface area contributed by atoms with Crippen molar-refractivity contribution in [1.82, 2.24) is 9.21 Å². The van der Waals surface area contributed by atoms with Crippen molar-refractivity contribution in [3.8, 4) is 5.75 Å². The number of rotatable bonds is 5. The fraction of sp³-hybridized carbons (Fsp3) is 0.435. The SMILES string of the molecule is CCN(C)CCN1CN([C@@H]2C(=O)Oc3c(C)ccc(F)c3[C@H]2C)S(=O)(=O)c2ccc(Cl)cc21. The van der Waals surface area contributed by atoms with Crippen molar-refractivity contribution in [2.45, 2.75) is 37.6 Å². The number of esters is 1. The number of ether oxygens (including phenoxy) is 1. The third kappa shape index (κ3) is 4.12. The Labute approximate surface area is 198 Å².